The molecule has 0 aromatic rings. The van der Waals surface area contributed by atoms with Gasteiger partial charge in [0.2, 0.25) is 0 Å². The molecule has 0 aliphatic carbocycles. The summed E-state index contributed by atoms with van der Waals surface area (Å²) in [5.74, 6) is -0.948. The molecule has 0 amide bonds. The molecule has 6 nitrogen and oxygen atoms in total. The van der Waals surface area contributed by atoms with E-state index in [4.69, 9.17) is 18.9 Å². The lowest BCUT2D eigenvalue weighted by atomic mass is 9.89. The quantitative estimate of drug-likeness (QED) is 0.806. The molecule has 5 atom stereocenters. The summed E-state index contributed by atoms with van der Waals surface area (Å²) in [5.41, 5.74) is -0.0160. The van der Waals surface area contributed by atoms with E-state index in [2.05, 4.69) is 20.8 Å². The Balaban J connectivity index is 2.11. The number of rotatable bonds is 3. The molecular weight excluding hydrogens is 276 g/mol. The first-order valence-electron chi connectivity index (χ1n) is 7.51. The Kier molecular flexibility index (Phi) is 4.97. The first-order chi connectivity index (χ1) is 9.63. The molecule has 2 fully saturated rings. The largest absolute Gasteiger partial charge is 0.394 e. The fraction of sp³-hybridized carbons (Fsp3) is 1.00. The van der Waals surface area contributed by atoms with Crippen LogP contribution in [0.2, 0.25) is 0 Å². The Hall–Kier alpha value is -0.240. The normalized spacial score (nSPS) is 39.9. The Morgan fingerprint density at radius 1 is 1.29 bits per heavy atom. The summed E-state index contributed by atoms with van der Waals surface area (Å²) in [5, 5.41) is 19.8. The van der Waals surface area contributed by atoms with Crippen molar-refractivity contribution < 1.29 is 29.2 Å². The van der Waals surface area contributed by atoms with Crippen molar-refractivity contribution in [2.45, 2.75) is 65.0 Å². The second-order valence-corrected chi connectivity index (χ2v) is 7.54. The Labute approximate surface area is 126 Å². The van der Waals surface area contributed by atoms with Crippen molar-refractivity contribution in [3.05, 3.63) is 0 Å². The molecule has 0 bridgehead atoms. The van der Waals surface area contributed by atoms with Crippen LogP contribution in [0.15, 0.2) is 0 Å². The average molecular weight is 304 g/mol. The van der Waals surface area contributed by atoms with Gasteiger partial charge < -0.3 is 29.2 Å². The maximum Gasteiger partial charge on any atom is 0.169 e. The average Bonchev–Trinajstić information content (AvgIpc) is 2.35. The summed E-state index contributed by atoms with van der Waals surface area (Å²) in [6, 6.07) is 0. The standard InChI is InChI=1S/C15H28O6/c1-14(2,3)8-18-12-9-7-19-15(4,5)21-13(9)20-10(6-16)11(12)17/h9-13,16-17H,6-8H2,1-5H3/t9-,10+,11?,12?,13?/m0/s1. The highest BCUT2D eigenvalue weighted by Crippen LogP contribution is 2.37. The van der Waals surface area contributed by atoms with Crippen molar-refractivity contribution in [1.82, 2.24) is 0 Å². The van der Waals surface area contributed by atoms with Crippen LogP contribution >= 0.6 is 0 Å². The van der Waals surface area contributed by atoms with Crippen molar-refractivity contribution in [2.75, 3.05) is 19.8 Å². The van der Waals surface area contributed by atoms with Gasteiger partial charge in [0.1, 0.15) is 12.2 Å². The molecule has 21 heavy (non-hydrogen) atoms. The van der Waals surface area contributed by atoms with Gasteiger partial charge >= 0.3 is 0 Å². The zero-order valence-electron chi connectivity index (χ0n) is 13.5. The maximum atomic E-state index is 10.4. The molecule has 2 rings (SSSR count). The highest BCUT2D eigenvalue weighted by Gasteiger charge is 2.51. The third kappa shape index (κ3) is 4.15. The van der Waals surface area contributed by atoms with Crippen LogP contribution in [0, 0.1) is 11.3 Å². The molecule has 2 saturated heterocycles. The minimum absolute atomic E-state index is 0.0160. The molecule has 0 saturated carbocycles. The van der Waals surface area contributed by atoms with Gasteiger partial charge in [0, 0.05) is 0 Å². The topological polar surface area (TPSA) is 77.4 Å². The summed E-state index contributed by atoms with van der Waals surface area (Å²) in [6.07, 6.45) is -2.62. The minimum Gasteiger partial charge on any atom is -0.394 e. The molecule has 0 aromatic carbocycles. The van der Waals surface area contributed by atoms with Crippen LogP contribution in [0.3, 0.4) is 0 Å². The van der Waals surface area contributed by atoms with Gasteiger partial charge in [-0.3, -0.25) is 0 Å². The predicted octanol–water partition coefficient (Wildman–Crippen LogP) is 0.895. The second-order valence-electron chi connectivity index (χ2n) is 7.54. The van der Waals surface area contributed by atoms with Crippen LogP contribution in [0.25, 0.3) is 0 Å². The molecule has 2 aliphatic rings. The summed E-state index contributed by atoms with van der Waals surface area (Å²) in [7, 11) is 0. The molecule has 0 radical (unpaired) electrons. The monoisotopic (exact) mass is 304 g/mol. The first-order valence-corrected chi connectivity index (χ1v) is 7.51. The van der Waals surface area contributed by atoms with Crippen molar-refractivity contribution in [3.63, 3.8) is 0 Å². The fourth-order valence-corrected chi connectivity index (χ4v) is 2.59. The maximum absolute atomic E-state index is 10.4. The first kappa shape index (κ1) is 17.1. The molecule has 2 aliphatic heterocycles. The highest BCUT2D eigenvalue weighted by atomic mass is 16.8. The molecule has 2 N–H and O–H groups in total. The molecular formula is C15H28O6. The number of hydrogen-bond acceptors (Lipinski definition) is 6. The zero-order chi connectivity index (χ0) is 15.8. The van der Waals surface area contributed by atoms with Gasteiger partial charge in [-0.1, -0.05) is 20.8 Å². The number of ether oxygens (including phenoxy) is 4. The van der Waals surface area contributed by atoms with Crippen molar-refractivity contribution in [1.29, 1.82) is 0 Å². The van der Waals surface area contributed by atoms with Gasteiger partial charge in [0.25, 0.3) is 0 Å². The van der Waals surface area contributed by atoms with E-state index in [1.54, 1.807) is 0 Å². The molecule has 0 spiro atoms. The van der Waals surface area contributed by atoms with Gasteiger partial charge in [-0.05, 0) is 19.3 Å². The van der Waals surface area contributed by atoms with Crippen LogP contribution in [0.5, 0.6) is 0 Å². The van der Waals surface area contributed by atoms with Crippen molar-refractivity contribution in [2.24, 2.45) is 11.3 Å². The highest BCUT2D eigenvalue weighted by molar-refractivity contribution is 4.92. The molecule has 6 heteroatoms. The number of aliphatic hydroxyl groups is 2. The lowest BCUT2D eigenvalue weighted by molar-refractivity contribution is -0.398. The van der Waals surface area contributed by atoms with Crippen molar-refractivity contribution in [3.8, 4) is 0 Å². The third-order valence-corrected chi connectivity index (χ3v) is 3.71. The molecule has 3 unspecified atom stereocenters. The summed E-state index contributed by atoms with van der Waals surface area (Å²) in [4.78, 5) is 0. The lowest BCUT2D eigenvalue weighted by Gasteiger charge is -2.50. The van der Waals surface area contributed by atoms with Crippen molar-refractivity contribution >= 4 is 0 Å². The van der Waals surface area contributed by atoms with E-state index in [1.165, 1.54) is 0 Å². The zero-order valence-corrected chi connectivity index (χ0v) is 13.5. The Morgan fingerprint density at radius 2 is 1.95 bits per heavy atom. The number of fused-ring (bicyclic) bond motifs is 1. The van der Waals surface area contributed by atoms with Crippen LogP contribution in [-0.4, -0.2) is 60.4 Å². The van der Waals surface area contributed by atoms with Gasteiger partial charge in [0.05, 0.1) is 31.8 Å². The smallest absolute Gasteiger partial charge is 0.169 e. The van der Waals surface area contributed by atoms with Gasteiger partial charge in [0.15, 0.2) is 12.1 Å². The van der Waals surface area contributed by atoms with Gasteiger partial charge in [-0.25, -0.2) is 0 Å². The lowest BCUT2D eigenvalue weighted by Crippen LogP contribution is -2.62. The molecule has 2 heterocycles. The van der Waals surface area contributed by atoms with E-state index in [9.17, 15) is 10.2 Å². The summed E-state index contributed by atoms with van der Waals surface area (Å²) < 4.78 is 23.0. The second kappa shape index (κ2) is 6.10. The Bertz CT molecular complexity index is 351. The van der Waals surface area contributed by atoms with E-state index < -0.39 is 30.4 Å². The van der Waals surface area contributed by atoms with Gasteiger partial charge in [-0.15, -0.1) is 0 Å². The third-order valence-electron chi connectivity index (χ3n) is 3.71. The number of hydrogen-bond donors (Lipinski definition) is 2. The van der Waals surface area contributed by atoms with E-state index in [0.717, 1.165) is 0 Å². The minimum atomic E-state index is -0.896. The summed E-state index contributed by atoms with van der Waals surface area (Å²) >= 11 is 0. The van der Waals surface area contributed by atoms with Crippen LogP contribution in [-0.2, 0) is 18.9 Å². The summed E-state index contributed by atoms with van der Waals surface area (Å²) in [6.45, 7) is 10.4. The fourth-order valence-electron chi connectivity index (χ4n) is 2.59. The Morgan fingerprint density at radius 3 is 2.52 bits per heavy atom. The molecule has 0 aromatic heterocycles. The van der Waals surface area contributed by atoms with Gasteiger partial charge in [-0.2, -0.15) is 0 Å². The SMILES string of the molecule is CC(C)(C)COC1C(O)[C@@H](CO)OC2OC(C)(C)OC[C@H]21. The van der Waals surface area contributed by atoms with Crippen LogP contribution < -0.4 is 0 Å². The molecule has 124 valence electrons. The van der Waals surface area contributed by atoms with E-state index in [1.807, 2.05) is 13.8 Å². The van der Waals surface area contributed by atoms with E-state index in [0.29, 0.717) is 13.2 Å². The number of aliphatic hydroxyl groups excluding tert-OH is 2. The van der Waals surface area contributed by atoms with E-state index in [-0.39, 0.29) is 17.9 Å². The predicted molar refractivity (Wildman–Crippen MR) is 75.6 cm³/mol. The van der Waals surface area contributed by atoms with Crippen LogP contribution in [0.1, 0.15) is 34.6 Å². The van der Waals surface area contributed by atoms with Crippen LogP contribution in [0.4, 0.5) is 0 Å². The van der Waals surface area contributed by atoms with E-state index >= 15 is 0 Å².